The molecule has 0 aliphatic carbocycles. The molecule has 0 bridgehead atoms. The second kappa shape index (κ2) is 14.5. The number of esters is 1. The van der Waals surface area contributed by atoms with E-state index in [1.54, 1.807) is 0 Å². The number of rotatable bonds is 12. The van der Waals surface area contributed by atoms with Crippen LogP contribution in [0.25, 0.3) is 0 Å². The number of aliphatic hydroxyl groups is 2. The quantitative estimate of drug-likeness (QED) is 0.238. The van der Waals surface area contributed by atoms with Crippen LogP contribution >= 0.6 is 0 Å². The number of carbonyl (C=O) groups excluding carboxylic acids is 2. The third kappa shape index (κ3) is 7.86. The number of ether oxygens (including phenoxy) is 3. The highest BCUT2D eigenvalue weighted by Crippen LogP contribution is 2.37. The van der Waals surface area contributed by atoms with Gasteiger partial charge < -0.3 is 33.6 Å². The Labute approximate surface area is 254 Å². The van der Waals surface area contributed by atoms with Gasteiger partial charge in [0.15, 0.2) is 12.4 Å². The van der Waals surface area contributed by atoms with E-state index in [1.165, 1.54) is 6.92 Å². The SMILES string of the molecule is CC(=O)CCC(=O)O[C@H]1[C@@H](OCc2ccccc2)[C@H](O)[C@@H](CO[Si](c2ccccc2)(c2ccccc2)C(C)(C)C)O[C@@H]1O. The molecule has 230 valence electrons. The van der Waals surface area contributed by atoms with Crippen LogP contribution < -0.4 is 10.4 Å². The lowest BCUT2D eigenvalue weighted by atomic mass is 9.98. The molecule has 0 amide bonds. The Morgan fingerprint density at radius 2 is 1.35 bits per heavy atom. The maximum Gasteiger partial charge on any atom is 0.306 e. The number of benzene rings is 3. The third-order valence-electron chi connectivity index (χ3n) is 7.75. The van der Waals surface area contributed by atoms with Crippen LogP contribution in [0.3, 0.4) is 0 Å². The summed E-state index contributed by atoms with van der Waals surface area (Å²) >= 11 is 0. The summed E-state index contributed by atoms with van der Waals surface area (Å²) < 4.78 is 24.5. The molecule has 0 saturated carbocycles. The molecule has 1 saturated heterocycles. The minimum absolute atomic E-state index is 0.00947. The van der Waals surface area contributed by atoms with Gasteiger partial charge in [-0.1, -0.05) is 112 Å². The lowest BCUT2D eigenvalue weighted by Gasteiger charge is -2.46. The molecule has 0 radical (unpaired) electrons. The molecule has 1 heterocycles. The minimum atomic E-state index is -2.97. The van der Waals surface area contributed by atoms with Crippen molar-refractivity contribution in [1.82, 2.24) is 0 Å². The Hall–Kier alpha value is -3.18. The highest BCUT2D eigenvalue weighted by molar-refractivity contribution is 6.99. The molecule has 1 aliphatic rings. The summed E-state index contributed by atoms with van der Waals surface area (Å²) in [5.41, 5.74) is 0.845. The number of aliphatic hydroxyl groups excluding tert-OH is 2. The zero-order valence-electron chi connectivity index (χ0n) is 25.2. The number of hydrogen-bond acceptors (Lipinski definition) is 8. The van der Waals surface area contributed by atoms with Gasteiger partial charge in [-0.3, -0.25) is 4.79 Å². The molecule has 3 aromatic rings. The van der Waals surface area contributed by atoms with E-state index in [0.29, 0.717) is 0 Å². The van der Waals surface area contributed by atoms with Gasteiger partial charge in [0.1, 0.15) is 24.1 Å². The van der Waals surface area contributed by atoms with Gasteiger partial charge in [0.25, 0.3) is 8.32 Å². The molecular weight excluding hydrogens is 564 g/mol. The first-order chi connectivity index (χ1) is 20.5. The first-order valence-electron chi connectivity index (χ1n) is 14.6. The maximum atomic E-state index is 12.6. The van der Waals surface area contributed by atoms with Gasteiger partial charge in [-0.05, 0) is 27.9 Å². The Bertz CT molecular complexity index is 1270. The molecular formula is C34H42O8Si. The standard InChI is InChI=1S/C34H42O8Si/c1-24(35)20-21-29(36)42-32-31(39-22-25-14-8-5-9-15-25)30(37)28(41-33(32)38)23-40-43(34(2,3)4,26-16-10-6-11-17-26)27-18-12-7-13-19-27/h5-19,28,30-33,37-38H,20-23H2,1-4H3/t28-,30-,31+,32+,33+/m1/s1. The number of hydrogen-bond donors (Lipinski definition) is 2. The molecule has 0 unspecified atom stereocenters. The van der Waals surface area contributed by atoms with E-state index in [1.807, 2.05) is 66.7 Å². The van der Waals surface area contributed by atoms with E-state index in [0.717, 1.165) is 15.9 Å². The summed E-state index contributed by atoms with van der Waals surface area (Å²) in [6.07, 6.45) is -6.42. The van der Waals surface area contributed by atoms with Gasteiger partial charge in [-0.25, -0.2) is 0 Å². The summed E-state index contributed by atoms with van der Waals surface area (Å²) in [5, 5.41) is 24.5. The zero-order chi connectivity index (χ0) is 31.0. The van der Waals surface area contributed by atoms with Gasteiger partial charge in [-0.2, -0.15) is 0 Å². The fourth-order valence-corrected chi connectivity index (χ4v) is 10.2. The summed E-state index contributed by atoms with van der Waals surface area (Å²) in [6.45, 7) is 7.90. The van der Waals surface area contributed by atoms with Gasteiger partial charge in [0.05, 0.1) is 19.6 Å². The van der Waals surface area contributed by atoms with Crippen LogP contribution in [0, 0.1) is 0 Å². The van der Waals surface area contributed by atoms with Gasteiger partial charge in [-0.15, -0.1) is 0 Å². The predicted octanol–water partition coefficient (Wildman–Crippen LogP) is 3.51. The number of Topliss-reactive ketones (excluding diaryl/α,β-unsaturated/α-hetero) is 1. The number of carbonyl (C=O) groups is 2. The van der Waals surface area contributed by atoms with Crippen molar-refractivity contribution in [3.8, 4) is 0 Å². The van der Waals surface area contributed by atoms with E-state index in [2.05, 4.69) is 45.0 Å². The topological polar surface area (TPSA) is 112 Å². The van der Waals surface area contributed by atoms with Crippen molar-refractivity contribution in [3.63, 3.8) is 0 Å². The molecule has 2 N–H and O–H groups in total. The van der Waals surface area contributed by atoms with Gasteiger partial charge >= 0.3 is 5.97 Å². The van der Waals surface area contributed by atoms with E-state index in [9.17, 15) is 19.8 Å². The molecule has 9 heteroatoms. The largest absolute Gasteiger partial charge is 0.454 e. The lowest BCUT2D eigenvalue weighted by Crippen LogP contribution is -2.68. The lowest BCUT2D eigenvalue weighted by molar-refractivity contribution is -0.299. The van der Waals surface area contributed by atoms with Crippen molar-refractivity contribution in [2.75, 3.05) is 6.61 Å². The fraction of sp³-hybridized carbons (Fsp3) is 0.412. The van der Waals surface area contributed by atoms with Crippen LogP contribution in [0.1, 0.15) is 46.1 Å². The average molecular weight is 607 g/mol. The van der Waals surface area contributed by atoms with E-state index < -0.39 is 45.0 Å². The van der Waals surface area contributed by atoms with Crippen molar-refractivity contribution in [1.29, 1.82) is 0 Å². The van der Waals surface area contributed by atoms with Crippen LogP contribution in [0.15, 0.2) is 91.0 Å². The van der Waals surface area contributed by atoms with Crippen LogP contribution in [0.4, 0.5) is 0 Å². The van der Waals surface area contributed by atoms with Crippen LogP contribution in [0.2, 0.25) is 5.04 Å². The summed E-state index contributed by atoms with van der Waals surface area (Å²) in [6, 6.07) is 29.5. The van der Waals surface area contributed by atoms with E-state index in [4.69, 9.17) is 18.6 Å². The van der Waals surface area contributed by atoms with Gasteiger partial charge in [0.2, 0.25) is 0 Å². The van der Waals surface area contributed by atoms with Crippen LogP contribution in [-0.4, -0.2) is 67.6 Å². The third-order valence-corrected chi connectivity index (χ3v) is 12.8. The normalized spacial score (nSPS) is 22.6. The molecule has 8 nitrogen and oxygen atoms in total. The van der Waals surface area contributed by atoms with Crippen molar-refractivity contribution in [3.05, 3.63) is 96.6 Å². The fourth-order valence-electron chi connectivity index (χ4n) is 5.59. The van der Waals surface area contributed by atoms with Crippen molar-refractivity contribution in [2.24, 2.45) is 0 Å². The summed E-state index contributed by atoms with van der Waals surface area (Å²) in [7, 11) is -2.97. The zero-order valence-corrected chi connectivity index (χ0v) is 26.2. The highest BCUT2D eigenvalue weighted by atomic mass is 28.4. The maximum absolute atomic E-state index is 12.6. The van der Waals surface area contributed by atoms with Crippen molar-refractivity contribution < 1.29 is 38.4 Å². The van der Waals surface area contributed by atoms with Crippen molar-refractivity contribution >= 4 is 30.4 Å². The second-order valence-electron chi connectivity index (χ2n) is 11.9. The minimum Gasteiger partial charge on any atom is -0.454 e. The molecule has 0 spiro atoms. The monoisotopic (exact) mass is 606 g/mol. The first kappa shape index (κ1) is 32.7. The number of ketones is 1. The van der Waals surface area contributed by atoms with E-state index in [-0.39, 0.29) is 36.9 Å². The van der Waals surface area contributed by atoms with Crippen LogP contribution in [-0.2, 0) is 34.8 Å². The Balaban J connectivity index is 1.62. The molecule has 0 aromatic heterocycles. The van der Waals surface area contributed by atoms with Crippen molar-refractivity contribution in [2.45, 2.75) is 82.9 Å². The molecule has 1 fully saturated rings. The molecule has 3 aromatic carbocycles. The second-order valence-corrected chi connectivity index (χ2v) is 16.3. The highest BCUT2D eigenvalue weighted by Gasteiger charge is 2.53. The predicted molar refractivity (Wildman–Crippen MR) is 165 cm³/mol. The summed E-state index contributed by atoms with van der Waals surface area (Å²) in [5.74, 6) is -0.847. The van der Waals surface area contributed by atoms with Crippen LogP contribution in [0.5, 0.6) is 0 Å². The molecule has 1 aliphatic heterocycles. The Morgan fingerprint density at radius 3 is 1.86 bits per heavy atom. The van der Waals surface area contributed by atoms with E-state index >= 15 is 0 Å². The Kier molecular flexibility index (Phi) is 11.1. The molecule has 4 rings (SSSR count). The first-order valence-corrected chi connectivity index (χ1v) is 16.5. The summed E-state index contributed by atoms with van der Waals surface area (Å²) in [4.78, 5) is 23.9. The molecule has 5 atom stereocenters. The smallest absolute Gasteiger partial charge is 0.306 e. The van der Waals surface area contributed by atoms with Gasteiger partial charge in [0, 0.05) is 6.42 Å². The molecule has 43 heavy (non-hydrogen) atoms. The Morgan fingerprint density at radius 1 is 0.814 bits per heavy atom. The average Bonchev–Trinajstić information content (AvgIpc) is 2.99.